The van der Waals surface area contributed by atoms with Crippen LogP contribution in [0.1, 0.15) is 50.2 Å². The normalized spacial score (nSPS) is 18.9. The summed E-state index contributed by atoms with van der Waals surface area (Å²) in [4.78, 5) is 23.6. The summed E-state index contributed by atoms with van der Waals surface area (Å²) in [5, 5.41) is 10.5. The number of aliphatic hydroxyl groups excluding tert-OH is 1. The molecule has 1 N–H and O–H groups in total. The summed E-state index contributed by atoms with van der Waals surface area (Å²) < 4.78 is 0. The van der Waals surface area contributed by atoms with Crippen molar-refractivity contribution < 1.29 is 9.90 Å². The van der Waals surface area contributed by atoms with Gasteiger partial charge in [0.25, 0.3) is 5.91 Å². The molecule has 0 bridgehead atoms. The van der Waals surface area contributed by atoms with Gasteiger partial charge in [0.05, 0.1) is 6.10 Å². The van der Waals surface area contributed by atoms with Crippen molar-refractivity contribution >= 4 is 17.5 Å². The summed E-state index contributed by atoms with van der Waals surface area (Å²) in [5.41, 5.74) is 5.22. The van der Waals surface area contributed by atoms with Gasteiger partial charge in [0, 0.05) is 70.1 Å². The lowest BCUT2D eigenvalue weighted by Gasteiger charge is -2.34. The van der Waals surface area contributed by atoms with Crippen molar-refractivity contribution in [3.05, 3.63) is 71.3 Å². The lowest BCUT2D eigenvalue weighted by molar-refractivity contribution is 0.0339. The molecule has 2 aromatic heterocycles. The summed E-state index contributed by atoms with van der Waals surface area (Å²) in [6, 6.07) is 11.5. The molecule has 1 fully saturated rings. The first kappa shape index (κ1) is 23.4. The number of carbonyl (C=O) groups is 1. The Morgan fingerprint density at radius 1 is 1.06 bits per heavy atom. The van der Waals surface area contributed by atoms with Crippen molar-refractivity contribution in [2.24, 2.45) is 5.92 Å². The smallest absolute Gasteiger partial charge is 0.254 e. The minimum Gasteiger partial charge on any atom is -0.391 e. The molecule has 1 aliphatic rings. The number of aromatic nitrogens is 2. The van der Waals surface area contributed by atoms with Gasteiger partial charge in [-0.25, -0.2) is 0 Å². The van der Waals surface area contributed by atoms with Gasteiger partial charge < -0.3 is 10.0 Å². The van der Waals surface area contributed by atoms with Crippen LogP contribution in [0, 0.1) is 5.92 Å². The van der Waals surface area contributed by atoms with Crippen LogP contribution in [0.2, 0.25) is 5.02 Å². The number of rotatable bonds is 3. The zero-order valence-corrected chi connectivity index (χ0v) is 20.3. The van der Waals surface area contributed by atoms with E-state index < -0.39 is 6.10 Å². The van der Waals surface area contributed by atoms with Crippen LogP contribution in [0.4, 0.5) is 0 Å². The van der Waals surface area contributed by atoms with Gasteiger partial charge in [0.15, 0.2) is 0 Å². The first-order valence-corrected chi connectivity index (χ1v) is 11.7. The SMILES string of the molecule is C[C@H]1C[C@H](O)CN(C(=O)c2ccc(-c3cncc(-c4ccnc(C(C)(C)C)c4)c3)c(Cl)c2)C1. The van der Waals surface area contributed by atoms with Crippen LogP contribution >= 0.6 is 11.6 Å². The van der Waals surface area contributed by atoms with E-state index in [1.165, 1.54) is 0 Å². The third-order valence-electron chi connectivity index (χ3n) is 6.05. The predicted molar refractivity (Wildman–Crippen MR) is 132 cm³/mol. The molecule has 1 amide bonds. The lowest BCUT2D eigenvalue weighted by Crippen LogP contribution is -2.45. The summed E-state index contributed by atoms with van der Waals surface area (Å²) >= 11 is 6.63. The maximum absolute atomic E-state index is 13.0. The third kappa shape index (κ3) is 5.26. The van der Waals surface area contributed by atoms with Gasteiger partial charge in [-0.2, -0.15) is 0 Å². The first-order chi connectivity index (χ1) is 15.6. The summed E-state index contributed by atoms with van der Waals surface area (Å²) in [5.74, 6) is 0.167. The van der Waals surface area contributed by atoms with Crippen molar-refractivity contribution in [1.82, 2.24) is 14.9 Å². The molecular formula is C27H30ClN3O2. The number of piperidine rings is 1. The number of β-amino-alcohol motifs (C(OH)–C–C–N with tert-alkyl or cyclic N) is 1. The van der Waals surface area contributed by atoms with Gasteiger partial charge in [-0.05, 0) is 48.2 Å². The van der Waals surface area contributed by atoms with E-state index in [2.05, 4.69) is 42.9 Å². The molecule has 33 heavy (non-hydrogen) atoms. The van der Waals surface area contributed by atoms with E-state index >= 15 is 0 Å². The molecule has 0 saturated carbocycles. The Kier molecular flexibility index (Phi) is 6.55. The average Bonchev–Trinajstić information content (AvgIpc) is 2.77. The van der Waals surface area contributed by atoms with Gasteiger partial charge in [-0.3, -0.25) is 14.8 Å². The minimum absolute atomic E-state index is 0.0467. The summed E-state index contributed by atoms with van der Waals surface area (Å²) in [6.07, 6.45) is 5.68. The molecule has 4 rings (SSSR count). The lowest BCUT2D eigenvalue weighted by atomic mass is 9.90. The van der Waals surface area contributed by atoms with Gasteiger partial charge in [0.1, 0.15) is 0 Å². The highest BCUT2D eigenvalue weighted by Crippen LogP contribution is 2.32. The number of benzene rings is 1. The van der Waals surface area contributed by atoms with E-state index in [4.69, 9.17) is 11.6 Å². The summed E-state index contributed by atoms with van der Waals surface area (Å²) in [6.45, 7) is 9.47. The standard InChI is InChI=1S/C27H30ClN3O2/c1-17-9-22(32)16-31(15-17)26(33)19-5-6-23(24(28)11-19)21-10-20(13-29-14-21)18-7-8-30-25(12-18)27(2,3)4/h5-8,10-14,17,22,32H,9,15-16H2,1-4H3/t17-,22-/m0/s1. The number of carbonyl (C=O) groups excluding carboxylic acids is 1. The fraction of sp³-hybridized carbons (Fsp3) is 0.370. The number of pyridine rings is 2. The Morgan fingerprint density at radius 2 is 1.82 bits per heavy atom. The fourth-order valence-corrected chi connectivity index (χ4v) is 4.60. The molecule has 0 radical (unpaired) electrons. The Labute approximate surface area is 200 Å². The molecule has 1 saturated heterocycles. The fourth-order valence-electron chi connectivity index (χ4n) is 4.31. The van der Waals surface area contributed by atoms with E-state index in [0.29, 0.717) is 23.7 Å². The van der Waals surface area contributed by atoms with Crippen LogP contribution in [0.3, 0.4) is 0 Å². The molecule has 3 aromatic rings. The van der Waals surface area contributed by atoms with Gasteiger partial charge in [0.2, 0.25) is 0 Å². The molecule has 1 aliphatic heterocycles. The van der Waals surface area contributed by atoms with Crippen LogP contribution in [0.25, 0.3) is 22.3 Å². The van der Waals surface area contributed by atoms with Crippen molar-refractivity contribution in [3.8, 4) is 22.3 Å². The number of halogens is 1. The monoisotopic (exact) mass is 463 g/mol. The number of hydrogen-bond donors (Lipinski definition) is 1. The number of hydrogen-bond acceptors (Lipinski definition) is 4. The molecule has 3 heterocycles. The summed E-state index contributed by atoms with van der Waals surface area (Å²) in [7, 11) is 0. The van der Waals surface area contributed by atoms with E-state index in [-0.39, 0.29) is 17.2 Å². The Morgan fingerprint density at radius 3 is 2.52 bits per heavy atom. The Bertz CT molecular complexity index is 1160. The molecule has 0 unspecified atom stereocenters. The second-order valence-electron chi connectivity index (χ2n) is 10.0. The van der Waals surface area contributed by atoms with Crippen molar-refractivity contribution in [1.29, 1.82) is 0 Å². The molecule has 172 valence electrons. The van der Waals surface area contributed by atoms with Gasteiger partial charge in [-0.15, -0.1) is 0 Å². The van der Waals surface area contributed by atoms with E-state index in [0.717, 1.165) is 34.4 Å². The van der Waals surface area contributed by atoms with Gasteiger partial charge in [-0.1, -0.05) is 45.4 Å². The highest BCUT2D eigenvalue weighted by molar-refractivity contribution is 6.33. The minimum atomic E-state index is -0.478. The number of amides is 1. The van der Waals surface area contributed by atoms with Gasteiger partial charge >= 0.3 is 0 Å². The third-order valence-corrected chi connectivity index (χ3v) is 6.36. The molecule has 2 atom stereocenters. The van der Waals surface area contributed by atoms with Crippen LogP contribution in [-0.4, -0.2) is 45.1 Å². The second-order valence-corrected chi connectivity index (χ2v) is 10.4. The molecule has 6 heteroatoms. The first-order valence-electron chi connectivity index (χ1n) is 11.3. The topological polar surface area (TPSA) is 66.3 Å². The van der Waals surface area contributed by atoms with Crippen LogP contribution < -0.4 is 0 Å². The molecule has 0 spiro atoms. The largest absolute Gasteiger partial charge is 0.391 e. The Hall–Kier alpha value is -2.76. The van der Waals surface area contributed by atoms with Crippen LogP contribution in [0.5, 0.6) is 0 Å². The van der Waals surface area contributed by atoms with Crippen LogP contribution in [0.15, 0.2) is 55.0 Å². The van der Waals surface area contributed by atoms with Crippen molar-refractivity contribution in [3.63, 3.8) is 0 Å². The van der Waals surface area contributed by atoms with Crippen molar-refractivity contribution in [2.75, 3.05) is 13.1 Å². The second kappa shape index (κ2) is 9.24. The maximum atomic E-state index is 13.0. The highest BCUT2D eigenvalue weighted by atomic mass is 35.5. The Balaban J connectivity index is 1.61. The zero-order valence-electron chi connectivity index (χ0n) is 19.5. The molecule has 0 aliphatic carbocycles. The molecule has 1 aromatic carbocycles. The molecular weight excluding hydrogens is 434 g/mol. The maximum Gasteiger partial charge on any atom is 0.254 e. The highest BCUT2D eigenvalue weighted by Gasteiger charge is 2.27. The van der Waals surface area contributed by atoms with E-state index in [1.54, 1.807) is 23.2 Å². The van der Waals surface area contributed by atoms with Crippen molar-refractivity contribution in [2.45, 2.75) is 45.6 Å². The number of nitrogens with zero attached hydrogens (tertiary/aromatic N) is 3. The average molecular weight is 464 g/mol. The zero-order chi connectivity index (χ0) is 23.8. The molecule has 5 nitrogen and oxygen atoms in total. The quantitative estimate of drug-likeness (QED) is 0.548. The van der Waals surface area contributed by atoms with E-state index in [1.807, 2.05) is 31.5 Å². The predicted octanol–water partition coefficient (Wildman–Crippen LogP) is 5.60. The van der Waals surface area contributed by atoms with Crippen LogP contribution in [-0.2, 0) is 5.41 Å². The van der Waals surface area contributed by atoms with E-state index in [9.17, 15) is 9.90 Å². The number of likely N-dealkylation sites (tertiary alicyclic amines) is 1. The number of aliphatic hydroxyl groups is 1.